The summed E-state index contributed by atoms with van der Waals surface area (Å²) in [5.74, 6) is -0.738. The lowest BCUT2D eigenvalue weighted by Crippen LogP contribution is -2.17. The normalized spacial score (nSPS) is 12.7. The van der Waals surface area contributed by atoms with Gasteiger partial charge in [-0.05, 0) is 55.7 Å². The van der Waals surface area contributed by atoms with Crippen molar-refractivity contribution in [1.29, 1.82) is 5.41 Å². The third-order valence-corrected chi connectivity index (χ3v) is 6.83. The predicted molar refractivity (Wildman–Crippen MR) is 150 cm³/mol. The molecule has 0 radical (unpaired) electrons. The van der Waals surface area contributed by atoms with Gasteiger partial charge in [0.25, 0.3) is 0 Å². The van der Waals surface area contributed by atoms with Gasteiger partial charge < -0.3 is 9.98 Å². The second-order valence-corrected chi connectivity index (χ2v) is 9.51. The maximum atomic E-state index is 12.5. The molecule has 3 heterocycles. The van der Waals surface area contributed by atoms with Crippen molar-refractivity contribution in [3.05, 3.63) is 120 Å². The SMILES string of the molecule is CC(=N)C(C(C)=O)c1cnc2c(-c3ccc(C(C)=O)cc3)cn(C(c3ccccc3)c3ccccn3)c2c1. The third kappa shape index (κ3) is 4.68. The first kappa shape index (κ1) is 25.0. The van der Waals surface area contributed by atoms with Gasteiger partial charge in [0.1, 0.15) is 11.8 Å². The highest BCUT2D eigenvalue weighted by Crippen LogP contribution is 2.37. The van der Waals surface area contributed by atoms with E-state index in [-0.39, 0.29) is 23.3 Å². The van der Waals surface area contributed by atoms with Crippen LogP contribution in [0.3, 0.4) is 0 Å². The Morgan fingerprint density at radius 3 is 2.16 bits per heavy atom. The molecule has 0 aliphatic heterocycles. The zero-order valence-corrected chi connectivity index (χ0v) is 21.6. The molecule has 3 aromatic heterocycles. The van der Waals surface area contributed by atoms with Crippen LogP contribution in [-0.2, 0) is 4.79 Å². The van der Waals surface area contributed by atoms with Crippen molar-refractivity contribution in [2.24, 2.45) is 0 Å². The zero-order valence-electron chi connectivity index (χ0n) is 21.6. The minimum atomic E-state index is -0.654. The van der Waals surface area contributed by atoms with E-state index in [1.807, 2.05) is 66.7 Å². The van der Waals surface area contributed by atoms with E-state index in [0.717, 1.165) is 33.4 Å². The molecule has 38 heavy (non-hydrogen) atoms. The Morgan fingerprint density at radius 1 is 0.842 bits per heavy atom. The Morgan fingerprint density at radius 2 is 1.55 bits per heavy atom. The number of aromatic nitrogens is 3. The molecular formula is C32H28N4O2. The molecule has 2 atom stereocenters. The fourth-order valence-electron chi connectivity index (χ4n) is 5.05. The summed E-state index contributed by atoms with van der Waals surface area (Å²) in [6, 6.07) is 25.3. The van der Waals surface area contributed by atoms with Crippen LogP contribution >= 0.6 is 0 Å². The van der Waals surface area contributed by atoms with E-state index in [2.05, 4.69) is 22.9 Å². The van der Waals surface area contributed by atoms with E-state index in [0.29, 0.717) is 11.1 Å². The van der Waals surface area contributed by atoms with Crippen molar-refractivity contribution < 1.29 is 9.59 Å². The maximum absolute atomic E-state index is 12.5. The molecule has 0 saturated heterocycles. The number of pyridine rings is 2. The molecule has 0 aliphatic rings. The van der Waals surface area contributed by atoms with Gasteiger partial charge >= 0.3 is 0 Å². The van der Waals surface area contributed by atoms with Gasteiger partial charge in [0, 0.05) is 35.4 Å². The second kappa shape index (κ2) is 10.3. The van der Waals surface area contributed by atoms with Crippen LogP contribution in [-0.4, -0.2) is 31.8 Å². The molecule has 0 fully saturated rings. The van der Waals surface area contributed by atoms with Gasteiger partial charge in [0.15, 0.2) is 5.78 Å². The third-order valence-electron chi connectivity index (χ3n) is 6.83. The molecule has 0 bridgehead atoms. The average molecular weight is 501 g/mol. The van der Waals surface area contributed by atoms with E-state index < -0.39 is 5.92 Å². The van der Waals surface area contributed by atoms with E-state index >= 15 is 0 Å². The van der Waals surface area contributed by atoms with Crippen molar-refractivity contribution in [2.75, 3.05) is 0 Å². The Bertz CT molecular complexity index is 1580. The van der Waals surface area contributed by atoms with E-state index in [1.165, 1.54) is 6.92 Å². The van der Waals surface area contributed by atoms with Gasteiger partial charge in [0.05, 0.1) is 22.6 Å². The summed E-state index contributed by atoms with van der Waals surface area (Å²) in [4.78, 5) is 33.9. The molecule has 188 valence electrons. The van der Waals surface area contributed by atoms with E-state index in [1.54, 1.807) is 26.2 Å². The quantitative estimate of drug-likeness (QED) is 0.191. The van der Waals surface area contributed by atoms with Crippen LogP contribution in [0.25, 0.3) is 22.2 Å². The molecule has 6 nitrogen and oxygen atoms in total. The number of rotatable bonds is 8. The number of hydrogen-bond donors (Lipinski definition) is 1. The number of nitrogens with zero attached hydrogens (tertiary/aromatic N) is 3. The summed E-state index contributed by atoms with van der Waals surface area (Å²) in [6.07, 6.45) is 5.55. The van der Waals surface area contributed by atoms with Gasteiger partial charge in [-0.3, -0.25) is 19.6 Å². The van der Waals surface area contributed by atoms with Crippen molar-refractivity contribution in [1.82, 2.24) is 14.5 Å². The van der Waals surface area contributed by atoms with Gasteiger partial charge in [-0.25, -0.2) is 0 Å². The van der Waals surface area contributed by atoms with Gasteiger partial charge in [-0.1, -0.05) is 60.7 Å². The fourth-order valence-corrected chi connectivity index (χ4v) is 5.05. The van der Waals surface area contributed by atoms with Crippen LogP contribution in [0.15, 0.2) is 97.5 Å². The number of hydrogen-bond acceptors (Lipinski definition) is 5. The number of fused-ring (bicyclic) bond motifs is 1. The monoisotopic (exact) mass is 500 g/mol. The van der Waals surface area contributed by atoms with E-state index in [9.17, 15) is 9.59 Å². The first-order valence-corrected chi connectivity index (χ1v) is 12.5. The topological polar surface area (TPSA) is 88.7 Å². The standard InChI is InChI=1S/C32H28N4O2/c1-20(33)30(22(3)38)26-17-29-31(35-18-26)27(24-14-12-23(13-15-24)21(2)37)19-36(29)32(25-9-5-4-6-10-25)28-11-7-8-16-34-28/h4-19,30,32-33H,1-3H3. The minimum absolute atomic E-state index is 0.0123. The average Bonchev–Trinajstić information content (AvgIpc) is 3.28. The van der Waals surface area contributed by atoms with Crippen LogP contribution < -0.4 is 0 Å². The zero-order chi connectivity index (χ0) is 26.8. The molecule has 1 N–H and O–H groups in total. The Balaban J connectivity index is 1.80. The lowest BCUT2D eigenvalue weighted by molar-refractivity contribution is -0.117. The van der Waals surface area contributed by atoms with Crippen molar-refractivity contribution in [3.63, 3.8) is 0 Å². The van der Waals surface area contributed by atoms with Crippen LogP contribution in [0.4, 0.5) is 0 Å². The molecular weight excluding hydrogens is 472 g/mol. The van der Waals surface area contributed by atoms with Crippen LogP contribution in [0.5, 0.6) is 0 Å². The first-order valence-electron chi connectivity index (χ1n) is 12.5. The highest BCUT2D eigenvalue weighted by molar-refractivity contribution is 6.07. The predicted octanol–water partition coefficient (Wildman–Crippen LogP) is 6.65. The smallest absolute Gasteiger partial charge is 0.159 e. The van der Waals surface area contributed by atoms with Crippen LogP contribution in [0, 0.1) is 5.41 Å². The van der Waals surface area contributed by atoms with Crippen LogP contribution in [0.1, 0.15) is 59.9 Å². The Kier molecular flexibility index (Phi) is 6.79. The highest BCUT2D eigenvalue weighted by atomic mass is 16.1. The molecule has 2 unspecified atom stereocenters. The highest BCUT2D eigenvalue weighted by Gasteiger charge is 2.25. The largest absolute Gasteiger partial charge is 0.332 e. The summed E-state index contributed by atoms with van der Waals surface area (Å²) in [6.45, 7) is 4.71. The number of Topliss-reactive ketones (excluding diaryl/α,β-unsaturated/α-hetero) is 2. The molecule has 0 saturated carbocycles. The van der Waals surface area contributed by atoms with Gasteiger partial charge in [-0.15, -0.1) is 0 Å². The molecule has 0 aliphatic carbocycles. The summed E-state index contributed by atoms with van der Waals surface area (Å²) in [7, 11) is 0. The minimum Gasteiger partial charge on any atom is -0.332 e. The van der Waals surface area contributed by atoms with E-state index in [4.69, 9.17) is 15.4 Å². The number of nitrogens with one attached hydrogen (secondary N) is 1. The van der Waals surface area contributed by atoms with Crippen LogP contribution in [0.2, 0.25) is 0 Å². The molecule has 2 aromatic carbocycles. The molecule has 0 spiro atoms. The summed E-state index contributed by atoms with van der Waals surface area (Å²) in [5.41, 5.74) is 6.97. The summed E-state index contributed by atoms with van der Waals surface area (Å²) in [5, 5.41) is 8.24. The summed E-state index contributed by atoms with van der Waals surface area (Å²) >= 11 is 0. The number of benzene rings is 2. The molecule has 5 aromatic rings. The number of ketones is 2. The van der Waals surface area contributed by atoms with Crippen molar-refractivity contribution in [3.8, 4) is 11.1 Å². The van der Waals surface area contributed by atoms with Crippen molar-refractivity contribution in [2.45, 2.75) is 32.7 Å². The second-order valence-electron chi connectivity index (χ2n) is 9.51. The summed E-state index contributed by atoms with van der Waals surface area (Å²) < 4.78 is 2.15. The molecule has 5 rings (SSSR count). The number of carbonyl (C=O) groups excluding carboxylic acids is 2. The number of carbonyl (C=O) groups is 2. The lowest BCUT2D eigenvalue weighted by Gasteiger charge is -2.21. The lowest BCUT2D eigenvalue weighted by atomic mass is 9.92. The van der Waals surface area contributed by atoms with Gasteiger partial charge in [0.2, 0.25) is 0 Å². The Labute approximate surface area is 221 Å². The van der Waals surface area contributed by atoms with Crippen molar-refractivity contribution >= 4 is 28.3 Å². The molecule has 6 heteroatoms. The first-order chi connectivity index (χ1) is 18.3. The maximum Gasteiger partial charge on any atom is 0.159 e. The molecule has 0 amide bonds. The fraction of sp³-hybridized carbons (Fsp3) is 0.156. The van der Waals surface area contributed by atoms with Gasteiger partial charge in [-0.2, -0.15) is 0 Å². The Hall–Kier alpha value is -4.71.